The number of anilines is 5. The van der Waals surface area contributed by atoms with E-state index >= 15 is 0 Å². The number of hydrogen-bond donors (Lipinski definition) is 3. The smallest absolute Gasteiger partial charge is 0.338 e. The van der Waals surface area contributed by atoms with E-state index < -0.39 is 17.6 Å². The molecule has 0 saturated heterocycles. The summed E-state index contributed by atoms with van der Waals surface area (Å²) in [5.41, 5.74) is 7.46. The fraction of sp³-hybridized carbons (Fsp3) is 0.105. The number of nitrogens with two attached hydrogens (primary N) is 1. The first-order valence-corrected chi connectivity index (χ1v) is 8.34. The standard InChI is InChI=1S/C19H17F2N5O2/c1-2-28-19(27)11-4-3-5-12(8-11)25-17-16(22)18(24-10-23-17)26-13-6-7-14(20)15(21)9-13/h3-10H,2,22H2,1H3,(H2,23,24,25,26). The van der Waals surface area contributed by atoms with Crippen LogP contribution in [0.3, 0.4) is 0 Å². The minimum atomic E-state index is -0.994. The van der Waals surface area contributed by atoms with E-state index in [0.717, 1.165) is 12.1 Å². The first-order valence-electron chi connectivity index (χ1n) is 8.34. The van der Waals surface area contributed by atoms with Gasteiger partial charge in [0.2, 0.25) is 0 Å². The Kier molecular flexibility index (Phi) is 5.64. The summed E-state index contributed by atoms with van der Waals surface area (Å²) in [7, 11) is 0. The summed E-state index contributed by atoms with van der Waals surface area (Å²) in [5.74, 6) is -1.90. The van der Waals surface area contributed by atoms with Crippen molar-refractivity contribution in [2.75, 3.05) is 23.0 Å². The number of hydrogen-bond acceptors (Lipinski definition) is 7. The summed E-state index contributed by atoms with van der Waals surface area (Å²) in [5, 5.41) is 5.81. The lowest BCUT2D eigenvalue weighted by Crippen LogP contribution is -2.07. The van der Waals surface area contributed by atoms with Gasteiger partial charge in [-0.05, 0) is 37.3 Å². The number of carbonyl (C=O) groups excluding carboxylic acids is 1. The van der Waals surface area contributed by atoms with Crippen molar-refractivity contribution < 1.29 is 18.3 Å². The van der Waals surface area contributed by atoms with Gasteiger partial charge in [-0.3, -0.25) is 0 Å². The van der Waals surface area contributed by atoms with Gasteiger partial charge in [0.05, 0.1) is 12.2 Å². The highest BCUT2D eigenvalue weighted by Crippen LogP contribution is 2.28. The molecule has 0 saturated carbocycles. The Hall–Kier alpha value is -3.75. The number of nitrogens with zero attached hydrogens (tertiary/aromatic N) is 2. The van der Waals surface area contributed by atoms with Crippen LogP contribution in [-0.4, -0.2) is 22.5 Å². The largest absolute Gasteiger partial charge is 0.462 e. The molecule has 0 radical (unpaired) electrons. The predicted molar refractivity (Wildman–Crippen MR) is 102 cm³/mol. The molecule has 3 rings (SSSR count). The van der Waals surface area contributed by atoms with E-state index in [4.69, 9.17) is 10.5 Å². The lowest BCUT2D eigenvalue weighted by Gasteiger charge is -2.13. The van der Waals surface area contributed by atoms with Crippen LogP contribution < -0.4 is 16.4 Å². The molecule has 9 heteroatoms. The van der Waals surface area contributed by atoms with Crippen molar-refractivity contribution in [2.45, 2.75) is 6.92 Å². The minimum Gasteiger partial charge on any atom is -0.462 e. The second-order valence-electron chi connectivity index (χ2n) is 5.66. The number of carbonyl (C=O) groups is 1. The SMILES string of the molecule is CCOC(=O)c1cccc(Nc2ncnc(Nc3ccc(F)c(F)c3)c2N)c1. The van der Waals surface area contributed by atoms with Crippen molar-refractivity contribution in [1.29, 1.82) is 0 Å². The van der Waals surface area contributed by atoms with E-state index in [0.29, 0.717) is 11.3 Å². The van der Waals surface area contributed by atoms with Crippen LogP contribution in [0.1, 0.15) is 17.3 Å². The Morgan fingerprint density at radius 1 is 1.04 bits per heavy atom. The quantitative estimate of drug-likeness (QED) is 0.551. The van der Waals surface area contributed by atoms with Gasteiger partial charge in [0.25, 0.3) is 0 Å². The molecule has 1 heterocycles. The summed E-state index contributed by atoms with van der Waals surface area (Å²) in [6.07, 6.45) is 1.26. The van der Waals surface area contributed by atoms with Gasteiger partial charge in [-0.2, -0.15) is 0 Å². The van der Waals surface area contributed by atoms with Gasteiger partial charge in [-0.25, -0.2) is 23.5 Å². The van der Waals surface area contributed by atoms with Crippen LogP contribution in [0.2, 0.25) is 0 Å². The van der Waals surface area contributed by atoms with Gasteiger partial charge in [0.15, 0.2) is 23.3 Å². The van der Waals surface area contributed by atoms with Crippen molar-refractivity contribution in [3.05, 3.63) is 66.0 Å². The monoisotopic (exact) mass is 385 g/mol. The van der Waals surface area contributed by atoms with Crippen LogP contribution in [0.5, 0.6) is 0 Å². The Morgan fingerprint density at radius 2 is 1.71 bits per heavy atom. The lowest BCUT2D eigenvalue weighted by molar-refractivity contribution is 0.0526. The predicted octanol–water partition coefficient (Wildman–Crippen LogP) is 4.00. The van der Waals surface area contributed by atoms with E-state index in [1.807, 2.05) is 0 Å². The lowest BCUT2D eigenvalue weighted by atomic mass is 10.2. The highest BCUT2D eigenvalue weighted by atomic mass is 19.2. The molecule has 0 amide bonds. The van der Waals surface area contributed by atoms with E-state index in [-0.39, 0.29) is 29.6 Å². The van der Waals surface area contributed by atoms with Crippen LogP contribution in [-0.2, 0) is 4.74 Å². The van der Waals surface area contributed by atoms with Crippen LogP contribution in [0.4, 0.5) is 37.5 Å². The summed E-state index contributed by atoms with van der Waals surface area (Å²) >= 11 is 0. The first-order chi connectivity index (χ1) is 13.5. The summed E-state index contributed by atoms with van der Waals surface area (Å²) in [6.45, 7) is 2.00. The van der Waals surface area contributed by atoms with E-state index in [9.17, 15) is 13.6 Å². The van der Waals surface area contributed by atoms with E-state index in [2.05, 4.69) is 20.6 Å². The zero-order valence-electron chi connectivity index (χ0n) is 14.9. The molecule has 0 aliphatic carbocycles. The minimum absolute atomic E-state index is 0.161. The number of nitrogen functional groups attached to an aromatic ring is 1. The second kappa shape index (κ2) is 8.30. The topological polar surface area (TPSA) is 102 Å². The second-order valence-corrected chi connectivity index (χ2v) is 5.66. The number of ether oxygens (including phenoxy) is 1. The molecule has 144 valence electrons. The van der Waals surface area contributed by atoms with Crippen molar-refractivity contribution in [3.63, 3.8) is 0 Å². The van der Waals surface area contributed by atoms with Crippen molar-refractivity contribution in [3.8, 4) is 0 Å². The number of esters is 1. The van der Waals surface area contributed by atoms with E-state index in [1.54, 1.807) is 31.2 Å². The molecular formula is C19H17F2N5O2. The number of halogens is 2. The van der Waals surface area contributed by atoms with Gasteiger partial charge >= 0.3 is 5.97 Å². The normalized spacial score (nSPS) is 10.4. The number of aromatic nitrogens is 2. The molecule has 0 atom stereocenters. The van der Waals surface area contributed by atoms with Crippen molar-refractivity contribution >= 4 is 34.7 Å². The van der Waals surface area contributed by atoms with E-state index in [1.165, 1.54) is 12.4 Å². The average molecular weight is 385 g/mol. The summed E-state index contributed by atoms with van der Waals surface area (Å²) in [6, 6.07) is 9.99. The van der Waals surface area contributed by atoms with Gasteiger partial charge in [0.1, 0.15) is 12.0 Å². The maximum absolute atomic E-state index is 13.4. The third kappa shape index (κ3) is 4.32. The highest BCUT2D eigenvalue weighted by Gasteiger charge is 2.12. The van der Waals surface area contributed by atoms with Gasteiger partial charge in [0, 0.05) is 17.4 Å². The van der Waals surface area contributed by atoms with Crippen molar-refractivity contribution in [2.24, 2.45) is 0 Å². The van der Waals surface area contributed by atoms with Crippen LogP contribution in [0.25, 0.3) is 0 Å². The molecule has 0 fully saturated rings. The summed E-state index contributed by atoms with van der Waals surface area (Å²) < 4.78 is 31.4. The van der Waals surface area contributed by atoms with Crippen LogP contribution in [0, 0.1) is 11.6 Å². The molecule has 0 aliphatic rings. The third-order valence-electron chi connectivity index (χ3n) is 3.70. The van der Waals surface area contributed by atoms with Crippen LogP contribution in [0.15, 0.2) is 48.8 Å². The Bertz CT molecular complexity index is 1010. The van der Waals surface area contributed by atoms with Crippen LogP contribution >= 0.6 is 0 Å². The van der Waals surface area contributed by atoms with Crippen molar-refractivity contribution in [1.82, 2.24) is 9.97 Å². The highest BCUT2D eigenvalue weighted by molar-refractivity contribution is 5.91. The molecule has 2 aromatic carbocycles. The molecule has 4 N–H and O–H groups in total. The molecule has 0 bridgehead atoms. The average Bonchev–Trinajstić information content (AvgIpc) is 2.68. The van der Waals surface area contributed by atoms with Gasteiger partial charge in [-0.15, -0.1) is 0 Å². The number of benzene rings is 2. The first kappa shape index (κ1) is 19.0. The molecule has 3 aromatic rings. The Labute approximate surface area is 159 Å². The summed E-state index contributed by atoms with van der Waals surface area (Å²) in [4.78, 5) is 20.0. The number of nitrogens with one attached hydrogen (secondary N) is 2. The fourth-order valence-electron chi connectivity index (χ4n) is 2.38. The maximum Gasteiger partial charge on any atom is 0.338 e. The fourth-order valence-corrected chi connectivity index (χ4v) is 2.38. The molecule has 7 nitrogen and oxygen atoms in total. The molecule has 0 unspecified atom stereocenters. The molecule has 0 spiro atoms. The molecule has 1 aromatic heterocycles. The Morgan fingerprint density at radius 3 is 2.36 bits per heavy atom. The number of rotatable bonds is 6. The molecule has 0 aliphatic heterocycles. The zero-order valence-corrected chi connectivity index (χ0v) is 14.9. The van der Waals surface area contributed by atoms with Gasteiger partial charge in [-0.1, -0.05) is 6.07 Å². The maximum atomic E-state index is 13.4. The van der Waals surface area contributed by atoms with Gasteiger partial charge < -0.3 is 21.1 Å². The zero-order chi connectivity index (χ0) is 20.1. The molecule has 28 heavy (non-hydrogen) atoms. The molecular weight excluding hydrogens is 368 g/mol. The third-order valence-corrected chi connectivity index (χ3v) is 3.70. The Balaban J connectivity index is 1.82.